The molecule has 0 aromatic heterocycles. The zero-order valence-electron chi connectivity index (χ0n) is 14.7. The number of halogens is 6. The van der Waals surface area contributed by atoms with Gasteiger partial charge in [0.15, 0.2) is 0 Å². The van der Waals surface area contributed by atoms with Crippen molar-refractivity contribution in [1.29, 1.82) is 0 Å². The van der Waals surface area contributed by atoms with Crippen LogP contribution in [0.5, 0.6) is 0 Å². The average molecular weight is 507 g/mol. The summed E-state index contributed by atoms with van der Waals surface area (Å²) < 4.78 is 0. The molecule has 0 aliphatic rings. The van der Waals surface area contributed by atoms with Crippen molar-refractivity contribution in [2.24, 2.45) is 0 Å². The SMILES string of the molecule is Clc1c(Cl)c2c(Cl)c(Cl)c3c(Cl)c(Cl)c4ccc5ccc6ccc1c1c6c5c4c3c21. The molecule has 0 heterocycles. The topological polar surface area (TPSA) is 0 Å². The number of hydrogen-bond acceptors (Lipinski definition) is 0. The van der Waals surface area contributed by atoms with E-state index in [1.165, 1.54) is 0 Å². The Balaban J connectivity index is 2.10. The summed E-state index contributed by atoms with van der Waals surface area (Å²) in [6.45, 7) is 0. The Morgan fingerprint density at radius 2 is 0.633 bits per heavy atom. The predicted molar refractivity (Wildman–Crippen MR) is 135 cm³/mol. The first kappa shape index (κ1) is 18.2. The fraction of sp³-hybridized carbons (Fsp3) is 0. The highest BCUT2D eigenvalue weighted by Crippen LogP contribution is 2.57. The standard InChI is InChI=1S/C24H6Cl6/c25-19-9-5-3-7-1-2-8-4-6-10-14-12(8)11(7)13(9)15-16(14)18(22(28)20(10)26)24(30)23(29)17(15)21(19)27/h1-6H. The van der Waals surface area contributed by atoms with Crippen molar-refractivity contribution in [3.63, 3.8) is 0 Å². The van der Waals surface area contributed by atoms with Gasteiger partial charge in [0, 0.05) is 43.1 Å². The van der Waals surface area contributed by atoms with E-state index < -0.39 is 0 Å². The van der Waals surface area contributed by atoms with Gasteiger partial charge in [-0.2, -0.15) is 0 Å². The Morgan fingerprint density at radius 3 is 1.03 bits per heavy atom. The van der Waals surface area contributed by atoms with Gasteiger partial charge in [0.25, 0.3) is 0 Å². The molecule has 0 aliphatic heterocycles. The maximum absolute atomic E-state index is 6.77. The summed E-state index contributed by atoms with van der Waals surface area (Å²) in [7, 11) is 0. The third-order valence-corrected chi connectivity index (χ3v) is 8.93. The molecule has 0 fully saturated rings. The lowest BCUT2D eigenvalue weighted by Gasteiger charge is -2.24. The molecule has 0 bridgehead atoms. The van der Waals surface area contributed by atoms with Crippen LogP contribution in [0.2, 0.25) is 30.1 Å². The highest BCUT2D eigenvalue weighted by Gasteiger charge is 2.29. The molecule has 0 amide bonds. The van der Waals surface area contributed by atoms with Crippen LogP contribution in [0.25, 0.3) is 64.6 Å². The molecule has 7 rings (SSSR count). The van der Waals surface area contributed by atoms with Crippen molar-refractivity contribution < 1.29 is 0 Å². The van der Waals surface area contributed by atoms with Gasteiger partial charge in [-0.15, -0.1) is 0 Å². The van der Waals surface area contributed by atoms with E-state index in [2.05, 4.69) is 24.3 Å². The minimum Gasteiger partial charge on any atom is -0.0820 e. The second-order valence-corrected chi connectivity index (χ2v) is 9.89. The monoisotopic (exact) mass is 504 g/mol. The average Bonchev–Trinajstić information content (AvgIpc) is 2.75. The molecule has 0 saturated carbocycles. The largest absolute Gasteiger partial charge is 0.0820 e. The van der Waals surface area contributed by atoms with E-state index in [1.807, 2.05) is 12.1 Å². The van der Waals surface area contributed by atoms with Crippen molar-refractivity contribution in [1.82, 2.24) is 0 Å². The van der Waals surface area contributed by atoms with Crippen molar-refractivity contribution in [3.05, 3.63) is 66.5 Å². The van der Waals surface area contributed by atoms with Crippen LogP contribution in [0.15, 0.2) is 36.4 Å². The lowest BCUT2D eigenvalue weighted by atomic mass is 9.82. The molecule has 7 aromatic rings. The lowest BCUT2D eigenvalue weighted by Crippen LogP contribution is -1.96. The normalized spacial score (nSPS) is 13.0. The summed E-state index contributed by atoms with van der Waals surface area (Å²) in [5.41, 5.74) is 0. The molecule has 0 saturated heterocycles. The molecular weight excluding hydrogens is 501 g/mol. The van der Waals surface area contributed by atoms with E-state index in [1.54, 1.807) is 0 Å². The third-order valence-electron chi connectivity index (χ3n) is 6.35. The van der Waals surface area contributed by atoms with Crippen molar-refractivity contribution in [3.8, 4) is 0 Å². The first-order chi connectivity index (χ1) is 14.4. The minimum absolute atomic E-state index is 0.328. The van der Waals surface area contributed by atoms with E-state index in [9.17, 15) is 0 Å². The summed E-state index contributed by atoms with van der Waals surface area (Å²) in [6, 6.07) is 12.4. The summed E-state index contributed by atoms with van der Waals surface area (Å²) in [5, 5.41) is 13.7. The molecule has 0 radical (unpaired) electrons. The summed E-state index contributed by atoms with van der Waals surface area (Å²) in [6.07, 6.45) is 0. The number of benzene rings is 7. The van der Waals surface area contributed by atoms with Crippen LogP contribution in [0, 0.1) is 0 Å². The summed E-state index contributed by atoms with van der Waals surface area (Å²) >= 11 is 40.5. The fourth-order valence-corrected chi connectivity index (χ4v) is 6.93. The van der Waals surface area contributed by atoms with Gasteiger partial charge in [0.1, 0.15) is 0 Å². The highest BCUT2D eigenvalue weighted by molar-refractivity contribution is 6.62. The Bertz CT molecular complexity index is 1710. The van der Waals surface area contributed by atoms with Gasteiger partial charge >= 0.3 is 0 Å². The first-order valence-corrected chi connectivity index (χ1v) is 11.4. The lowest BCUT2D eigenvalue weighted by molar-refractivity contribution is 1.79. The molecule has 6 heteroatoms. The van der Waals surface area contributed by atoms with Crippen molar-refractivity contribution in [2.75, 3.05) is 0 Å². The molecule has 144 valence electrons. The van der Waals surface area contributed by atoms with Crippen LogP contribution in [0.4, 0.5) is 0 Å². The maximum atomic E-state index is 6.77. The van der Waals surface area contributed by atoms with E-state index in [4.69, 9.17) is 69.6 Å². The second-order valence-electron chi connectivity index (χ2n) is 7.62. The van der Waals surface area contributed by atoms with Gasteiger partial charge in [-0.25, -0.2) is 0 Å². The van der Waals surface area contributed by atoms with Crippen molar-refractivity contribution in [2.45, 2.75) is 0 Å². The van der Waals surface area contributed by atoms with Crippen molar-refractivity contribution >= 4 is 134 Å². The van der Waals surface area contributed by atoms with E-state index >= 15 is 0 Å². The maximum Gasteiger partial charge on any atom is 0.0693 e. The van der Waals surface area contributed by atoms with E-state index in [0.29, 0.717) is 40.9 Å². The van der Waals surface area contributed by atoms with E-state index in [0.717, 1.165) is 53.9 Å². The fourth-order valence-electron chi connectivity index (χ4n) is 5.18. The zero-order chi connectivity index (χ0) is 20.6. The number of rotatable bonds is 0. The molecule has 0 N–H and O–H groups in total. The van der Waals surface area contributed by atoms with E-state index in [-0.39, 0.29) is 0 Å². The van der Waals surface area contributed by atoms with Crippen LogP contribution in [0.3, 0.4) is 0 Å². The molecule has 0 atom stereocenters. The quantitative estimate of drug-likeness (QED) is 0.142. The Morgan fingerprint density at radius 1 is 0.300 bits per heavy atom. The summed E-state index contributed by atoms with van der Waals surface area (Å²) in [4.78, 5) is 0. The van der Waals surface area contributed by atoms with Gasteiger partial charge in [-0.05, 0) is 21.5 Å². The smallest absolute Gasteiger partial charge is 0.0693 e. The predicted octanol–water partition coefficient (Wildman–Crippen LogP) is 10.8. The molecule has 30 heavy (non-hydrogen) atoms. The van der Waals surface area contributed by atoms with Gasteiger partial charge in [-0.3, -0.25) is 0 Å². The van der Waals surface area contributed by atoms with Gasteiger partial charge in [0.05, 0.1) is 30.1 Å². The van der Waals surface area contributed by atoms with Crippen LogP contribution < -0.4 is 0 Å². The second kappa shape index (κ2) is 5.70. The molecule has 0 aliphatic carbocycles. The van der Waals surface area contributed by atoms with Gasteiger partial charge in [-0.1, -0.05) is 106 Å². The van der Waals surface area contributed by atoms with Crippen LogP contribution in [-0.2, 0) is 0 Å². The minimum atomic E-state index is 0.328. The molecule has 0 spiro atoms. The Kier molecular flexibility index (Phi) is 3.46. The number of hydrogen-bond donors (Lipinski definition) is 0. The van der Waals surface area contributed by atoms with Crippen LogP contribution >= 0.6 is 69.6 Å². The van der Waals surface area contributed by atoms with Crippen LogP contribution in [-0.4, -0.2) is 0 Å². The first-order valence-electron chi connectivity index (χ1n) is 9.12. The molecule has 7 aromatic carbocycles. The zero-order valence-corrected chi connectivity index (χ0v) is 19.3. The Hall–Kier alpha value is -1.38. The van der Waals surface area contributed by atoms with Gasteiger partial charge < -0.3 is 0 Å². The molecular formula is C24H6Cl6. The summed E-state index contributed by atoms with van der Waals surface area (Å²) in [5.74, 6) is 0. The van der Waals surface area contributed by atoms with Crippen LogP contribution in [0.1, 0.15) is 0 Å². The highest BCUT2D eigenvalue weighted by atomic mass is 35.5. The molecule has 0 nitrogen and oxygen atoms in total. The molecule has 0 unspecified atom stereocenters. The van der Waals surface area contributed by atoms with Gasteiger partial charge in [0.2, 0.25) is 0 Å². The third kappa shape index (κ3) is 1.83. The Labute approximate surface area is 199 Å².